The summed E-state index contributed by atoms with van der Waals surface area (Å²) in [6.07, 6.45) is -9.73. The van der Waals surface area contributed by atoms with Gasteiger partial charge >= 0.3 is 18.3 Å². The van der Waals surface area contributed by atoms with Crippen LogP contribution in [0.4, 0.5) is 42.5 Å². The van der Waals surface area contributed by atoms with Crippen LogP contribution in [-0.2, 0) is 16.1 Å². The Balaban J connectivity index is 0.000000479. The van der Waals surface area contributed by atoms with Gasteiger partial charge in [0.15, 0.2) is 5.54 Å². The molecule has 0 unspecified atom stereocenters. The molecule has 0 aliphatic carbocycles. The molecular formula is C22H23F7N4O4. The summed E-state index contributed by atoms with van der Waals surface area (Å²) in [6.45, 7) is 3.90. The number of morpholine rings is 1. The molecular weight excluding hydrogens is 517 g/mol. The van der Waals surface area contributed by atoms with Crippen LogP contribution in [0.15, 0.2) is 35.1 Å². The van der Waals surface area contributed by atoms with E-state index in [1.54, 1.807) is 13.0 Å². The lowest BCUT2D eigenvalue weighted by molar-refractivity contribution is -0.192. The Morgan fingerprint density at radius 1 is 1.14 bits per heavy atom. The van der Waals surface area contributed by atoms with Gasteiger partial charge < -0.3 is 19.6 Å². The third-order valence-corrected chi connectivity index (χ3v) is 6.09. The molecule has 2 aromatic rings. The first kappa shape index (κ1) is 28.2. The number of halogens is 7. The second-order valence-electron chi connectivity index (χ2n) is 8.61. The predicted octanol–water partition coefficient (Wildman–Crippen LogP) is 3.75. The molecule has 204 valence electrons. The molecule has 1 aromatic carbocycles. The third-order valence-electron chi connectivity index (χ3n) is 6.09. The van der Waals surface area contributed by atoms with Crippen LogP contribution in [0.3, 0.4) is 0 Å². The second kappa shape index (κ2) is 10.2. The molecule has 2 aliphatic rings. The summed E-state index contributed by atoms with van der Waals surface area (Å²) < 4.78 is 94.5. The number of fused-ring (bicyclic) bond motifs is 1. The topological polar surface area (TPSA) is 87.9 Å². The summed E-state index contributed by atoms with van der Waals surface area (Å²) in [5, 5.41) is 7.12. The minimum absolute atomic E-state index is 0.0689. The molecule has 1 N–H and O–H groups in total. The maximum Gasteiger partial charge on any atom is 0.490 e. The highest BCUT2D eigenvalue weighted by atomic mass is 19.4. The third kappa shape index (κ3) is 5.81. The van der Waals surface area contributed by atoms with Crippen LogP contribution in [0.1, 0.15) is 25.5 Å². The monoisotopic (exact) mass is 540 g/mol. The summed E-state index contributed by atoms with van der Waals surface area (Å²) in [5.41, 5.74) is -2.56. The van der Waals surface area contributed by atoms with E-state index in [1.165, 1.54) is 24.3 Å². The minimum Gasteiger partial charge on any atom is -0.475 e. The highest BCUT2D eigenvalue weighted by molar-refractivity contribution is 5.73. The number of carboxylic acid groups (broad SMARTS) is 1. The van der Waals surface area contributed by atoms with E-state index in [2.05, 4.69) is 4.98 Å². The maximum absolute atomic E-state index is 14.2. The first-order valence-electron chi connectivity index (χ1n) is 10.9. The number of rotatable bonds is 3. The van der Waals surface area contributed by atoms with E-state index in [4.69, 9.17) is 14.6 Å². The average molecular weight is 540 g/mol. The van der Waals surface area contributed by atoms with Crippen LogP contribution in [0, 0.1) is 5.82 Å². The van der Waals surface area contributed by atoms with Gasteiger partial charge in [0.1, 0.15) is 11.6 Å². The van der Waals surface area contributed by atoms with Crippen molar-refractivity contribution in [3.63, 3.8) is 0 Å². The highest BCUT2D eigenvalue weighted by Crippen LogP contribution is 2.47. The Hall–Kier alpha value is -3.36. The Kier molecular flexibility index (Phi) is 7.77. The van der Waals surface area contributed by atoms with Crippen molar-refractivity contribution < 1.29 is 45.4 Å². The quantitative estimate of drug-likeness (QED) is 0.594. The second-order valence-corrected chi connectivity index (χ2v) is 8.61. The fourth-order valence-corrected chi connectivity index (χ4v) is 4.12. The van der Waals surface area contributed by atoms with Gasteiger partial charge in [0.05, 0.1) is 25.8 Å². The summed E-state index contributed by atoms with van der Waals surface area (Å²) in [6, 6.07) is 5.85. The predicted molar refractivity (Wildman–Crippen MR) is 117 cm³/mol. The van der Waals surface area contributed by atoms with Crippen LogP contribution in [0.5, 0.6) is 0 Å². The molecule has 1 fully saturated rings. The summed E-state index contributed by atoms with van der Waals surface area (Å²) >= 11 is 0. The largest absolute Gasteiger partial charge is 0.490 e. The van der Waals surface area contributed by atoms with E-state index in [-0.39, 0.29) is 5.95 Å². The standard InChI is InChI=1S/C20H22F4N4O2.C2HF3O2/c1-13(14-4-3-5-15(21)10-14)28-18-25-16(26-6-8-30-9-7-26)11-17(29)27(18)12-19(28,2)20(22,23)24;3-2(4,5)1(6)7/h3-5,10-11,13H,6-9,12H2,1-2H3;(H,6,7)/t13-,19-;/m0./s1. The smallest absolute Gasteiger partial charge is 0.475 e. The van der Waals surface area contributed by atoms with Gasteiger partial charge in [-0.25, -0.2) is 9.18 Å². The number of hydrogen-bond donors (Lipinski definition) is 1. The Bertz CT molecular complexity index is 1190. The number of nitrogens with zero attached hydrogens (tertiary/aromatic N) is 4. The lowest BCUT2D eigenvalue weighted by Crippen LogP contribution is -2.56. The van der Waals surface area contributed by atoms with E-state index >= 15 is 0 Å². The van der Waals surface area contributed by atoms with Crippen molar-refractivity contribution in [3.05, 3.63) is 52.1 Å². The van der Waals surface area contributed by atoms with Crippen LogP contribution in [0.2, 0.25) is 0 Å². The molecule has 0 bridgehead atoms. The molecule has 15 heteroatoms. The molecule has 0 saturated carbocycles. The molecule has 37 heavy (non-hydrogen) atoms. The number of alkyl halides is 6. The zero-order valence-corrected chi connectivity index (χ0v) is 19.6. The van der Waals surface area contributed by atoms with E-state index in [0.717, 1.165) is 16.4 Å². The maximum atomic E-state index is 14.2. The van der Waals surface area contributed by atoms with Crippen LogP contribution < -0.4 is 15.4 Å². The molecule has 0 spiro atoms. The van der Waals surface area contributed by atoms with E-state index in [1.807, 2.05) is 4.90 Å². The molecule has 4 rings (SSSR count). The summed E-state index contributed by atoms with van der Waals surface area (Å²) in [4.78, 5) is 29.0. The normalized spacial score (nSPS) is 20.7. The van der Waals surface area contributed by atoms with Crippen molar-refractivity contribution in [1.82, 2.24) is 9.55 Å². The number of anilines is 2. The van der Waals surface area contributed by atoms with Crippen molar-refractivity contribution in [2.75, 3.05) is 36.1 Å². The van der Waals surface area contributed by atoms with Gasteiger partial charge in [-0.2, -0.15) is 31.3 Å². The van der Waals surface area contributed by atoms with Gasteiger partial charge in [-0.15, -0.1) is 0 Å². The number of hydrogen-bond acceptors (Lipinski definition) is 6. The molecule has 3 heterocycles. The zero-order chi connectivity index (χ0) is 27.8. The molecule has 2 aliphatic heterocycles. The SMILES string of the molecule is C[C@@H](c1cccc(F)c1)N1c2nc(N3CCOCC3)cc(=O)n2C[C@@]1(C)C(F)(F)F.O=C(O)C(F)(F)F. The number of benzene rings is 1. The Morgan fingerprint density at radius 3 is 2.24 bits per heavy atom. The molecule has 8 nitrogen and oxygen atoms in total. The highest BCUT2D eigenvalue weighted by Gasteiger charge is 2.61. The number of carboxylic acids is 1. The first-order chi connectivity index (χ1) is 17.1. The van der Waals surface area contributed by atoms with Gasteiger partial charge in [0.25, 0.3) is 5.56 Å². The van der Waals surface area contributed by atoms with E-state index < -0.39 is 47.8 Å². The number of ether oxygens (including phenoxy) is 1. The fourth-order valence-electron chi connectivity index (χ4n) is 4.12. The van der Waals surface area contributed by atoms with Crippen LogP contribution in [-0.4, -0.2) is 64.8 Å². The van der Waals surface area contributed by atoms with Gasteiger partial charge in [-0.1, -0.05) is 12.1 Å². The van der Waals surface area contributed by atoms with E-state index in [9.17, 15) is 35.5 Å². The first-order valence-corrected chi connectivity index (χ1v) is 10.9. The van der Waals surface area contributed by atoms with Gasteiger partial charge in [-0.3, -0.25) is 9.36 Å². The summed E-state index contributed by atoms with van der Waals surface area (Å²) in [5.74, 6) is -3.05. The van der Waals surface area contributed by atoms with Crippen molar-refractivity contribution >= 4 is 17.7 Å². The fraction of sp³-hybridized carbons (Fsp3) is 0.500. The van der Waals surface area contributed by atoms with Crippen molar-refractivity contribution in [3.8, 4) is 0 Å². The molecule has 2 atom stereocenters. The molecule has 0 amide bonds. The van der Waals surface area contributed by atoms with Gasteiger partial charge in [0.2, 0.25) is 5.95 Å². The lowest BCUT2D eigenvalue weighted by Gasteiger charge is -2.40. The van der Waals surface area contributed by atoms with Crippen molar-refractivity contribution in [1.29, 1.82) is 0 Å². The molecule has 1 saturated heterocycles. The van der Waals surface area contributed by atoms with E-state index in [0.29, 0.717) is 37.7 Å². The van der Waals surface area contributed by atoms with Crippen LogP contribution >= 0.6 is 0 Å². The minimum atomic E-state index is -5.08. The number of aliphatic carboxylic acids is 1. The van der Waals surface area contributed by atoms with Gasteiger partial charge in [0, 0.05) is 19.2 Å². The Labute approximate surface area is 205 Å². The summed E-state index contributed by atoms with van der Waals surface area (Å²) in [7, 11) is 0. The lowest BCUT2D eigenvalue weighted by atomic mass is 9.96. The van der Waals surface area contributed by atoms with Crippen molar-refractivity contribution in [2.45, 2.75) is 44.3 Å². The molecule has 1 aromatic heterocycles. The zero-order valence-electron chi connectivity index (χ0n) is 19.6. The number of carbonyl (C=O) groups is 1. The average Bonchev–Trinajstić information content (AvgIpc) is 3.13. The van der Waals surface area contributed by atoms with Gasteiger partial charge in [-0.05, 0) is 31.5 Å². The Morgan fingerprint density at radius 2 is 1.73 bits per heavy atom. The molecule has 0 radical (unpaired) electrons. The van der Waals surface area contributed by atoms with Crippen molar-refractivity contribution in [2.24, 2.45) is 0 Å². The number of aromatic nitrogens is 2. The van der Waals surface area contributed by atoms with Crippen LogP contribution in [0.25, 0.3) is 0 Å².